The number of benzene rings is 1. The molecule has 0 saturated carbocycles. The third-order valence-electron chi connectivity index (χ3n) is 2.30. The maximum absolute atomic E-state index is 11.8. The first-order chi connectivity index (χ1) is 9.47. The Hall–Kier alpha value is -1.27. The summed E-state index contributed by atoms with van der Waals surface area (Å²) in [6.07, 6.45) is 0. The molecule has 2 aromatic rings. The Kier molecular flexibility index (Phi) is 4.88. The van der Waals surface area contributed by atoms with Gasteiger partial charge in [-0.05, 0) is 30.3 Å². The first-order valence-corrected chi connectivity index (χ1v) is 7.23. The number of hydrogen-bond donors (Lipinski definition) is 2. The minimum Gasteiger partial charge on any atom is -0.267 e. The summed E-state index contributed by atoms with van der Waals surface area (Å²) in [7, 11) is 0. The zero-order chi connectivity index (χ0) is 14.7. The fourth-order valence-electron chi connectivity index (χ4n) is 1.35. The van der Waals surface area contributed by atoms with Gasteiger partial charge in [-0.2, -0.15) is 0 Å². The van der Waals surface area contributed by atoms with Crippen molar-refractivity contribution in [3.63, 3.8) is 0 Å². The van der Waals surface area contributed by atoms with E-state index in [-0.39, 0.29) is 9.90 Å². The Balaban J connectivity index is 1.98. The molecule has 0 fully saturated rings. The molecule has 0 atom stereocenters. The van der Waals surface area contributed by atoms with E-state index in [2.05, 4.69) is 10.9 Å². The minimum absolute atomic E-state index is 0.207. The molecule has 20 heavy (non-hydrogen) atoms. The molecule has 2 amide bonds. The van der Waals surface area contributed by atoms with Crippen LogP contribution in [0.4, 0.5) is 0 Å². The zero-order valence-electron chi connectivity index (χ0n) is 9.75. The highest BCUT2D eigenvalue weighted by molar-refractivity contribution is 7.20. The van der Waals surface area contributed by atoms with Crippen LogP contribution >= 0.6 is 46.1 Å². The number of halogens is 3. The summed E-state index contributed by atoms with van der Waals surface area (Å²) in [5, 5.41) is 0.519. The largest absolute Gasteiger partial charge is 0.272 e. The van der Waals surface area contributed by atoms with Crippen LogP contribution in [-0.4, -0.2) is 11.8 Å². The molecular weight excluding hydrogens is 343 g/mol. The van der Waals surface area contributed by atoms with Gasteiger partial charge in [-0.15, -0.1) is 11.3 Å². The topological polar surface area (TPSA) is 58.2 Å². The molecule has 2 rings (SSSR count). The van der Waals surface area contributed by atoms with Crippen molar-refractivity contribution >= 4 is 58.0 Å². The second-order valence-electron chi connectivity index (χ2n) is 3.65. The van der Waals surface area contributed by atoms with Gasteiger partial charge in [-0.1, -0.05) is 34.8 Å². The fourth-order valence-corrected chi connectivity index (χ4v) is 2.93. The molecule has 0 saturated heterocycles. The SMILES string of the molecule is O=C(NNC(=O)c1cc(Cl)sc1Cl)c1ccc(Cl)cc1. The summed E-state index contributed by atoms with van der Waals surface area (Å²) in [5.41, 5.74) is 5.10. The van der Waals surface area contributed by atoms with Gasteiger partial charge in [0, 0.05) is 10.6 Å². The van der Waals surface area contributed by atoms with E-state index in [4.69, 9.17) is 34.8 Å². The summed E-state index contributed by atoms with van der Waals surface area (Å²) in [6.45, 7) is 0. The number of amides is 2. The predicted molar refractivity (Wildman–Crippen MR) is 80.7 cm³/mol. The Morgan fingerprint density at radius 1 is 0.950 bits per heavy atom. The number of hydrogen-bond acceptors (Lipinski definition) is 3. The molecule has 0 radical (unpaired) electrons. The third kappa shape index (κ3) is 3.64. The second kappa shape index (κ2) is 6.45. The highest BCUT2D eigenvalue weighted by atomic mass is 35.5. The van der Waals surface area contributed by atoms with Crippen LogP contribution < -0.4 is 10.9 Å². The summed E-state index contributed by atoms with van der Waals surface area (Å²) in [5.74, 6) is -1.01. The van der Waals surface area contributed by atoms with Gasteiger partial charge >= 0.3 is 0 Å². The number of thiophene rings is 1. The molecule has 8 heteroatoms. The van der Waals surface area contributed by atoms with Crippen molar-refractivity contribution in [1.29, 1.82) is 0 Å². The number of nitrogens with one attached hydrogen (secondary N) is 2. The van der Waals surface area contributed by atoms with Crippen LogP contribution in [0.15, 0.2) is 30.3 Å². The van der Waals surface area contributed by atoms with E-state index in [1.807, 2.05) is 0 Å². The van der Waals surface area contributed by atoms with Crippen molar-refractivity contribution in [2.24, 2.45) is 0 Å². The molecule has 1 heterocycles. The number of carbonyl (C=O) groups is 2. The molecule has 0 aliphatic carbocycles. The minimum atomic E-state index is -0.541. The van der Waals surface area contributed by atoms with E-state index in [9.17, 15) is 9.59 Å². The summed E-state index contributed by atoms with van der Waals surface area (Å²) in [4.78, 5) is 23.5. The van der Waals surface area contributed by atoms with Crippen LogP contribution in [0.5, 0.6) is 0 Å². The highest BCUT2D eigenvalue weighted by Crippen LogP contribution is 2.30. The zero-order valence-corrected chi connectivity index (χ0v) is 12.8. The Morgan fingerprint density at radius 2 is 1.55 bits per heavy atom. The van der Waals surface area contributed by atoms with Gasteiger partial charge in [0.05, 0.1) is 9.90 Å². The average molecular weight is 350 g/mol. The summed E-state index contributed by atoms with van der Waals surface area (Å²) >= 11 is 18.4. The summed E-state index contributed by atoms with van der Waals surface area (Å²) in [6, 6.07) is 7.66. The van der Waals surface area contributed by atoms with E-state index in [1.54, 1.807) is 12.1 Å². The first kappa shape index (κ1) is 15.1. The molecule has 0 aliphatic rings. The van der Waals surface area contributed by atoms with Crippen molar-refractivity contribution in [3.8, 4) is 0 Å². The standard InChI is InChI=1S/C12H7Cl3N2O2S/c13-7-3-1-6(2-4-7)11(18)16-17-12(19)8-5-9(14)20-10(8)15/h1-5H,(H,16,18)(H,17,19). The normalized spacial score (nSPS) is 10.2. The van der Waals surface area contributed by atoms with Crippen LogP contribution in [0.2, 0.25) is 13.7 Å². The molecule has 1 aromatic heterocycles. The maximum atomic E-state index is 11.8. The first-order valence-electron chi connectivity index (χ1n) is 5.28. The van der Waals surface area contributed by atoms with Crippen LogP contribution in [0.25, 0.3) is 0 Å². The molecule has 4 nitrogen and oxygen atoms in total. The van der Waals surface area contributed by atoms with E-state index >= 15 is 0 Å². The quantitative estimate of drug-likeness (QED) is 0.811. The van der Waals surface area contributed by atoms with Crippen molar-refractivity contribution in [1.82, 2.24) is 10.9 Å². The van der Waals surface area contributed by atoms with Gasteiger partial charge in [0.15, 0.2) is 0 Å². The lowest BCUT2D eigenvalue weighted by Gasteiger charge is -2.06. The highest BCUT2D eigenvalue weighted by Gasteiger charge is 2.15. The monoisotopic (exact) mass is 348 g/mol. The second-order valence-corrected chi connectivity index (χ2v) is 6.38. The maximum Gasteiger partial charge on any atom is 0.272 e. The van der Waals surface area contributed by atoms with Crippen LogP contribution in [0.1, 0.15) is 20.7 Å². The Morgan fingerprint density at radius 3 is 2.10 bits per heavy atom. The summed E-state index contributed by atoms with van der Waals surface area (Å²) < 4.78 is 0.650. The fraction of sp³-hybridized carbons (Fsp3) is 0. The van der Waals surface area contributed by atoms with Crippen LogP contribution in [0, 0.1) is 0 Å². The number of hydrazine groups is 1. The van der Waals surface area contributed by atoms with Crippen molar-refractivity contribution in [2.75, 3.05) is 0 Å². The van der Waals surface area contributed by atoms with Gasteiger partial charge in [-0.3, -0.25) is 20.4 Å². The van der Waals surface area contributed by atoms with Gasteiger partial charge in [0.2, 0.25) is 0 Å². The molecule has 1 aromatic carbocycles. The molecule has 0 spiro atoms. The molecule has 104 valence electrons. The lowest BCUT2D eigenvalue weighted by atomic mass is 10.2. The van der Waals surface area contributed by atoms with Gasteiger partial charge in [0.25, 0.3) is 11.8 Å². The van der Waals surface area contributed by atoms with E-state index in [0.29, 0.717) is 14.9 Å². The lowest BCUT2D eigenvalue weighted by molar-refractivity contribution is 0.0847. The van der Waals surface area contributed by atoms with Crippen molar-refractivity contribution in [3.05, 3.63) is 55.2 Å². The number of carbonyl (C=O) groups excluding carboxylic acids is 2. The van der Waals surface area contributed by atoms with Crippen molar-refractivity contribution in [2.45, 2.75) is 0 Å². The third-order valence-corrected chi connectivity index (χ3v) is 4.04. The lowest BCUT2D eigenvalue weighted by Crippen LogP contribution is -2.41. The average Bonchev–Trinajstić information content (AvgIpc) is 2.75. The number of rotatable bonds is 2. The molecule has 2 N–H and O–H groups in total. The van der Waals surface area contributed by atoms with E-state index in [0.717, 1.165) is 11.3 Å². The van der Waals surface area contributed by atoms with Gasteiger partial charge < -0.3 is 0 Å². The van der Waals surface area contributed by atoms with E-state index < -0.39 is 11.8 Å². The molecule has 0 unspecified atom stereocenters. The van der Waals surface area contributed by atoms with Crippen LogP contribution in [-0.2, 0) is 0 Å². The van der Waals surface area contributed by atoms with Gasteiger partial charge in [-0.25, -0.2) is 0 Å². The predicted octanol–water partition coefficient (Wildman–Crippen LogP) is 3.78. The molecule has 0 bridgehead atoms. The van der Waals surface area contributed by atoms with Crippen LogP contribution in [0.3, 0.4) is 0 Å². The van der Waals surface area contributed by atoms with Gasteiger partial charge in [0.1, 0.15) is 4.34 Å². The van der Waals surface area contributed by atoms with E-state index in [1.165, 1.54) is 18.2 Å². The molecule has 0 aliphatic heterocycles. The smallest absolute Gasteiger partial charge is 0.267 e. The van der Waals surface area contributed by atoms with Crippen molar-refractivity contribution < 1.29 is 9.59 Å². The Bertz CT molecular complexity index is 655. The Labute approximate surface area is 133 Å². The molecular formula is C12H7Cl3N2O2S.